The normalized spacial score (nSPS) is 26.3. The summed E-state index contributed by atoms with van der Waals surface area (Å²) in [5.74, 6) is 1.57. The summed E-state index contributed by atoms with van der Waals surface area (Å²) in [6.07, 6.45) is 6.55. The van der Waals surface area contributed by atoms with Crippen LogP contribution in [0, 0.1) is 17.2 Å². The second kappa shape index (κ2) is 7.37. The van der Waals surface area contributed by atoms with Gasteiger partial charge in [0.25, 0.3) is 0 Å². The highest BCUT2D eigenvalue weighted by Crippen LogP contribution is 2.44. The molecule has 1 amide bonds. The summed E-state index contributed by atoms with van der Waals surface area (Å²) in [7, 11) is 0. The van der Waals surface area contributed by atoms with E-state index in [0.717, 1.165) is 43.9 Å². The maximum atomic E-state index is 13.0. The quantitative estimate of drug-likeness (QED) is 0.824. The number of nitriles is 1. The first-order chi connectivity index (χ1) is 14.6. The minimum atomic E-state index is -0.128. The van der Waals surface area contributed by atoms with Gasteiger partial charge in [0.2, 0.25) is 5.91 Å². The van der Waals surface area contributed by atoms with Crippen LogP contribution in [0.25, 0.3) is 0 Å². The number of piperazine rings is 1. The first-order valence-electron chi connectivity index (χ1n) is 10.7. The van der Waals surface area contributed by atoms with Gasteiger partial charge in [0, 0.05) is 31.5 Å². The van der Waals surface area contributed by atoms with Gasteiger partial charge in [-0.2, -0.15) is 5.26 Å². The largest absolute Gasteiger partial charge is 0.347 e. The van der Waals surface area contributed by atoms with Crippen LogP contribution in [0.1, 0.15) is 37.4 Å². The fraction of sp³-hybridized carbons (Fsp3) is 0.478. The summed E-state index contributed by atoms with van der Waals surface area (Å²) in [5, 5.41) is 12.5. The van der Waals surface area contributed by atoms with Crippen molar-refractivity contribution in [1.82, 2.24) is 20.2 Å². The molecule has 2 aromatic heterocycles. The molecule has 1 aliphatic carbocycles. The lowest BCUT2D eigenvalue weighted by atomic mass is 10.0. The molecule has 1 saturated carbocycles. The average Bonchev–Trinajstić information content (AvgIpc) is 3.55. The predicted molar refractivity (Wildman–Crippen MR) is 113 cm³/mol. The number of carbonyl (C=O) groups excluding carboxylic acids is 1. The Balaban J connectivity index is 1.25. The molecular weight excluding hydrogens is 376 g/mol. The van der Waals surface area contributed by atoms with Crippen molar-refractivity contribution in [3.8, 4) is 6.07 Å². The molecule has 1 N–H and O–H groups in total. The first-order valence-corrected chi connectivity index (χ1v) is 10.7. The number of amides is 1. The van der Waals surface area contributed by atoms with Crippen LogP contribution in [-0.4, -0.2) is 52.5 Å². The van der Waals surface area contributed by atoms with Gasteiger partial charge in [-0.05, 0) is 49.4 Å². The third kappa shape index (κ3) is 3.31. The number of likely N-dealkylation sites (tertiary alicyclic amines) is 1. The van der Waals surface area contributed by atoms with Gasteiger partial charge in [-0.3, -0.25) is 15.1 Å². The maximum absolute atomic E-state index is 13.0. The number of pyridine rings is 2. The van der Waals surface area contributed by atoms with Crippen LogP contribution in [0.15, 0.2) is 42.7 Å². The van der Waals surface area contributed by atoms with Crippen molar-refractivity contribution in [1.29, 1.82) is 5.26 Å². The lowest BCUT2D eigenvalue weighted by molar-refractivity contribution is -0.131. The minimum absolute atomic E-state index is 0.128. The van der Waals surface area contributed by atoms with Crippen molar-refractivity contribution in [2.45, 2.75) is 43.8 Å². The number of fused-ring (bicyclic) bond motifs is 2. The number of hydrogen-bond acceptors (Lipinski definition) is 6. The molecule has 30 heavy (non-hydrogen) atoms. The first kappa shape index (κ1) is 19.0. The van der Waals surface area contributed by atoms with E-state index >= 15 is 0 Å². The Labute approximate surface area is 176 Å². The SMILES string of the molecule is C[C@H]1CC2CN(C(=O)CNC3(c4ccccn4)CC3)CC1N2c1ccc(C#N)cn1. The fourth-order valence-electron chi connectivity index (χ4n) is 5.05. The van der Waals surface area contributed by atoms with Gasteiger partial charge in [0.1, 0.15) is 11.9 Å². The van der Waals surface area contributed by atoms with Gasteiger partial charge in [-0.25, -0.2) is 4.98 Å². The van der Waals surface area contributed by atoms with Gasteiger partial charge in [-0.1, -0.05) is 13.0 Å². The molecule has 3 fully saturated rings. The molecule has 0 aromatic carbocycles. The van der Waals surface area contributed by atoms with Crippen molar-refractivity contribution in [2.24, 2.45) is 5.92 Å². The van der Waals surface area contributed by atoms with E-state index in [1.165, 1.54) is 0 Å². The predicted octanol–water partition coefficient (Wildman–Crippen LogP) is 2.05. The third-order valence-electron chi connectivity index (χ3n) is 6.87. The molecule has 0 spiro atoms. The number of nitrogens with one attached hydrogen (secondary N) is 1. The van der Waals surface area contributed by atoms with E-state index < -0.39 is 0 Å². The standard InChI is InChI=1S/C23H26N6O/c1-16-10-18-14-28(15-19(16)29(18)21-6-5-17(11-24)12-26-21)22(30)13-27-23(7-8-23)20-4-2-3-9-25-20/h2-6,9,12,16,18-19,27H,7-8,10,13-15H2,1H3/t16-,18?,19?/m0/s1. The molecule has 3 aliphatic rings. The molecular formula is C23H26N6O. The number of hydrogen-bond donors (Lipinski definition) is 1. The van der Waals surface area contributed by atoms with E-state index in [4.69, 9.17) is 5.26 Å². The zero-order valence-corrected chi connectivity index (χ0v) is 17.2. The zero-order chi connectivity index (χ0) is 20.7. The summed E-state index contributed by atoms with van der Waals surface area (Å²) < 4.78 is 0. The van der Waals surface area contributed by atoms with E-state index in [1.54, 1.807) is 6.20 Å². The summed E-state index contributed by atoms with van der Waals surface area (Å²) in [4.78, 5) is 26.4. The van der Waals surface area contributed by atoms with E-state index in [9.17, 15) is 4.79 Å². The van der Waals surface area contributed by atoms with Crippen LogP contribution in [0.3, 0.4) is 0 Å². The second-order valence-electron chi connectivity index (χ2n) is 8.81. The molecule has 2 unspecified atom stereocenters. The molecule has 4 heterocycles. The highest BCUT2D eigenvalue weighted by Gasteiger charge is 2.48. The van der Waals surface area contributed by atoms with Crippen LogP contribution in [0.2, 0.25) is 0 Å². The summed E-state index contributed by atoms with van der Waals surface area (Å²) in [5.41, 5.74) is 1.47. The molecule has 2 saturated heterocycles. The molecule has 5 rings (SSSR count). The molecule has 3 atom stereocenters. The molecule has 2 aliphatic heterocycles. The van der Waals surface area contributed by atoms with Crippen LogP contribution in [0.4, 0.5) is 5.82 Å². The van der Waals surface area contributed by atoms with E-state index in [0.29, 0.717) is 18.0 Å². The molecule has 154 valence electrons. The molecule has 7 nitrogen and oxygen atoms in total. The van der Waals surface area contributed by atoms with Gasteiger partial charge in [0.05, 0.1) is 29.4 Å². The second-order valence-corrected chi connectivity index (χ2v) is 8.81. The van der Waals surface area contributed by atoms with Crippen LogP contribution in [-0.2, 0) is 10.3 Å². The van der Waals surface area contributed by atoms with Crippen LogP contribution >= 0.6 is 0 Å². The zero-order valence-electron chi connectivity index (χ0n) is 17.2. The number of aromatic nitrogens is 2. The van der Waals surface area contributed by atoms with Gasteiger partial charge in [0.15, 0.2) is 0 Å². The van der Waals surface area contributed by atoms with Gasteiger partial charge >= 0.3 is 0 Å². The highest BCUT2D eigenvalue weighted by molar-refractivity contribution is 5.79. The number of carbonyl (C=O) groups is 1. The molecule has 7 heteroatoms. The fourth-order valence-corrected chi connectivity index (χ4v) is 5.05. The van der Waals surface area contributed by atoms with Crippen molar-refractivity contribution >= 4 is 11.7 Å². The monoisotopic (exact) mass is 402 g/mol. The smallest absolute Gasteiger partial charge is 0.236 e. The van der Waals surface area contributed by atoms with Crippen molar-refractivity contribution in [3.05, 3.63) is 54.0 Å². The maximum Gasteiger partial charge on any atom is 0.236 e. The Kier molecular flexibility index (Phi) is 4.67. The molecule has 0 radical (unpaired) electrons. The van der Waals surface area contributed by atoms with Crippen molar-refractivity contribution in [2.75, 3.05) is 24.5 Å². The van der Waals surface area contributed by atoms with Gasteiger partial charge in [-0.15, -0.1) is 0 Å². The van der Waals surface area contributed by atoms with Crippen molar-refractivity contribution in [3.63, 3.8) is 0 Å². The Morgan fingerprint density at radius 1 is 1.27 bits per heavy atom. The van der Waals surface area contributed by atoms with E-state index in [-0.39, 0.29) is 23.5 Å². The van der Waals surface area contributed by atoms with Crippen molar-refractivity contribution < 1.29 is 4.79 Å². The molecule has 2 aromatic rings. The molecule has 2 bridgehead atoms. The summed E-state index contributed by atoms with van der Waals surface area (Å²) in [6, 6.07) is 12.4. The number of rotatable bonds is 5. The van der Waals surface area contributed by atoms with Gasteiger partial charge < -0.3 is 9.80 Å². The van der Waals surface area contributed by atoms with Crippen LogP contribution in [0.5, 0.6) is 0 Å². The van der Waals surface area contributed by atoms with E-state index in [2.05, 4.69) is 33.2 Å². The number of nitrogens with zero attached hydrogens (tertiary/aromatic N) is 5. The highest BCUT2D eigenvalue weighted by atomic mass is 16.2. The Hall–Kier alpha value is -2.98. The Morgan fingerprint density at radius 3 is 2.77 bits per heavy atom. The van der Waals surface area contributed by atoms with Crippen LogP contribution < -0.4 is 10.2 Å². The lowest BCUT2D eigenvalue weighted by Crippen LogP contribution is -2.58. The number of anilines is 1. The average molecular weight is 403 g/mol. The lowest BCUT2D eigenvalue weighted by Gasteiger charge is -2.42. The Bertz CT molecular complexity index is 965. The summed E-state index contributed by atoms with van der Waals surface area (Å²) >= 11 is 0. The topological polar surface area (TPSA) is 85.2 Å². The third-order valence-corrected chi connectivity index (χ3v) is 6.87. The minimum Gasteiger partial charge on any atom is -0.347 e. The van der Waals surface area contributed by atoms with E-state index in [1.807, 2.05) is 41.4 Å². The Morgan fingerprint density at radius 2 is 2.13 bits per heavy atom. The summed E-state index contributed by atoms with van der Waals surface area (Å²) in [6.45, 7) is 4.05.